The smallest absolute Gasteiger partial charge is 0.264 e. The molecule has 0 radical (unpaired) electrons. The van der Waals surface area contributed by atoms with Crippen LogP contribution >= 0.6 is 11.6 Å². The number of nitrogens with one attached hydrogen (secondary N) is 1. The predicted octanol–water partition coefficient (Wildman–Crippen LogP) is 6.55. The van der Waals surface area contributed by atoms with Crippen LogP contribution in [0.1, 0.15) is 42.4 Å². The first-order valence-electron chi connectivity index (χ1n) is 15.8. The summed E-state index contributed by atoms with van der Waals surface area (Å²) in [7, 11) is -2.86. The van der Waals surface area contributed by atoms with Crippen molar-refractivity contribution in [3.8, 4) is 5.75 Å². The van der Waals surface area contributed by atoms with E-state index in [1.54, 1.807) is 30.3 Å². The minimum Gasteiger partial charge on any atom is -0.495 e. The fraction of sp³-hybridized carbons (Fsp3) is 0.297. The molecule has 5 rings (SSSR count). The quantitative estimate of drug-likeness (QED) is 0.174. The highest BCUT2D eigenvalue weighted by Crippen LogP contribution is 2.35. The Hall–Kier alpha value is -4.34. The SMILES string of the molecule is COc1ccc(Cl)cc1N(CC(=O)N(Cc1ccccc1C)[C@H](Cc1ccccc1)C(=O)NC1CCCC1)S(=O)(=O)c1ccccc1. The lowest BCUT2D eigenvalue weighted by molar-refractivity contribution is -0.140. The number of amides is 2. The van der Waals surface area contributed by atoms with Crippen molar-refractivity contribution in [1.29, 1.82) is 0 Å². The van der Waals surface area contributed by atoms with Crippen LogP contribution in [-0.4, -0.2) is 50.9 Å². The van der Waals surface area contributed by atoms with Gasteiger partial charge in [0.15, 0.2) is 0 Å². The van der Waals surface area contributed by atoms with Crippen molar-refractivity contribution in [2.75, 3.05) is 18.0 Å². The number of nitrogens with zero attached hydrogens (tertiary/aromatic N) is 2. The van der Waals surface area contributed by atoms with Crippen molar-refractivity contribution in [3.63, 3.8) is 0 Å². The summed E-state index contributed by atoms with van der Waals surface area (Å²) in [5.41, 5.74) is 2.80. The second-order valence-electron chi connectivity index (χ2n) is 11.8. The van der Waals surface area contributed by atoms with Gasteiger partial charge in [-0.15, -0.1) is 0 Å². The first-order chi connectivity index (χ1) is 22.7. The lowest BCUT2D eigenvalue weighted by atomic mass is 10.0. The standard InChI is InChI=1S/C37H40ClN3O5S/c1-27-13-9-10-16-29(27)25-40(34(23-28-14-5-3-6-15-28)37(43)39-31-17-11-12-18-31)36(42)26-41(33-24-30(38)21-22-35(33)46-2)47(44,45)32-19-7-4-8-20-32/h3-10,13-16,19-22,24,31,34H,11-12,17-18,23,25-26H2,1-2H3,(H,39,43)/t34-/m1/s1. The number of methoxy groups -OCH3 is 1. The average Bonchev–Trinajstić information content (AvgIpc) is 3.59. The molecule has 0 aromatic heterocycles. The zero-order valence-corrected chi connectivity index (χ0v) is 28.2. The Morgan fingerprint density at radius 3 is 2.21 bits per heavy atom. The predicted molar refractivity (Wildman–Crippen MR) is 185 cm³/mol. The van der Waals surface area contributed by atoms with Gasteiger partial charge in [0.25, 0.3) is 10.0 Å². The zero-order valence-electron chi connectivity index (χ0n) is 26.6. The van der Waals surface area contributed by atoms with Crippen molar-refractivity contribution >= 4 is 39.1 Å². The minimum absolute atomic E-state index is 0.0000874. The van der Waals surface area contributed by atoms with Gasteiger partial charge in [-0.2, -0.15) is 0 Å². The van der Waals surface area contributed by atoms with Crippen LogP contribution in [0.15, 0.2) is 108 Å². The molecule has 0 saturated heterocycles. The van der Waals surface area contributed by atoms with Gasteiger partial charge in [-0.25, -0.2) is 8.42 Å². The van der Waals surface area contributed by atoms with Gasteiger partial charge in [0.1, 0.15) is 18.3 Å². The molecule has 246 valence electrons. The number of sulfonamides is 1. The zero-order chi connectivity index (χ0) is 33.4. The van der Waals surface area contributed by atoms with Gasteiger partial charge < -0.3 is 15.0 Å². The summed E-state index contributed by atoms with van der Waals surface area (Å²) in [5, 5.41) is 3.47. The number of carbonyl (C=O) groups is 2. The number of benzene rings is 4. The molecule has 0 spiro atoms. The summed E-state index contributed by atoms with van der Waals surface area (Å²) in [5.74, 6) is -0.579. The number of halogens is 1. The fourth-order valence-electron chi connectivity index (χ4n) is 5.98. The molecule has 0 unspecified atom stereocenters. The second-order valence-corrected chi connectivity index (χ2v) is 14.1. The molecular formula is C37H40ClN3O5S. The van der Waals surface area contributed by atoms with Gasteiger partial charge in [-0.1, -0.05) is 97.2 Å². The maximum atomic E-state index is 14.7. The fourth-order valence-corrected chi connectivity index (χ4v) is 7.59. The van der Waals surface area contributed by atoms with Crippen molar-refractivity contribution in [1.82, 2.24) is 10.2 Å². The Morgan fingerprint density at radius 2 is 1.55 bits per heavy atom. The topological polar surface area (TPSA) is 96.0 Å². The molecule has 1 atom stereocenters. The Morgan fingerprint density at radius 1 is 0.915 bits per heavy atom. The molecule has 1 aliphatic rings. The Bertz CT molecular complexity index is 1780. The van der Waals surface area contributed by atoms with Gasteiger partial charge in [0, 0.05) is 24.0 Å². The van der Waals surface area contributed by atoms with E-state index in [9.17, 15) is 18.0 Å². The van der Waals surface area contributed by atoms with Crippen molar-refractivity contribution < 1.29 is 22.7 Å². The summed E-state index contributed by atoms with van der Waals surface area (Å²) in [6, 6.07) is 28.9. The van der Waals surface area contributed by atoms with Crippen molar-refractivity contribution in [3.05, 3.63) is 125 Å². The van der Waals surface area contributed by atoms with Gasteiger partial charge in [0.05, 0.1) is 17.7 Å². The maximum Gasteiger partial charge on any atom is 0.264 e. The lowest BCUT2D eigenvalue weighted by Crippen LogP contribution is -2.54. The van der Waals surface area contributed by atoms with Gasteiger partial charge in [-0.3, -0.25) is 13.9 Å². The largest absolute Gasteiger partial charge is 0.495 e. The summed E-state index contributed by atoms with van der Waals surface area (Å²) >= 11 is 6.38. The highest BCUT2D eigenvalue weighted by Gasteiger charge is 2.36. The maximum absolute atomic E-state index is 14.7. The monoisotopic (exact) mass is 673 g/mol. The molecule has 10 heteroatoms. The highest BCUT2D eigenvalue weighted by atomic mass is 35.5. The molecule has 4 aromatic carbocycles. The van der Waals surface area contributed by atoms with Gasteiger partial charge in [0.2, 0.25) is 11.8 Å². The molecule has 1 aliphatic carbocycles. The van der Waals surface area contributed by atoms with Gasteiger partial charge in [-0.05, 0) is 66.8 Å². The molecule has 0 heterocycles. The number of hydrogen-bond acceptors (Lipinski definition) is 5. The molecule has 1 saturated carbocycles. The van der Waals surface area contributed by atoms with Crippen LogP contribution in [0.3, 0.4) is 0 Å². The van der Waals surface area contributed by atoms with E-state index in [4.69, 9.17) is 16.3 Å². The third kappa shape index (κ3) is 8.34. The number of hydrogen-bond donors (Lipinski definition) is 1. The van der Waals surface area contributed by atoms with Crippen LogP contribution < -0.4 is 14.4 Å². The summed E-state index contributed by atoms with van der Waals surface area (Å²) in [6.07, 6.45) is 4.09. The number of carbonyl (C=O) groups excluding carboxylic acids is 2. The molecule has 2 amide bonds. The van der Waals surface area contributed by atoms with Crippen LogP contribution in [-0.2, 0) is 32.6 Å². The summed E-state index contributed by atoms with van der Waals surface area (Å²) in [4.78, 5) is 30.4. The highest BCUT2D eigenvalue weighted by molar-refractivity contribution is 7.92. The van der Waals surface area contributed by atoms with Crippen molar-refractivity contribution in [2.45, 2.75) is 62.6 Å². The van der Waals surface area contributed by atoms with Crippen LogP contribution in [0.5, 0.6) is 5.75 Å². The minimum atomic E-state index is -4.29. The van der Waals surface area contributed by atoms with E-state index >= 15 is 0 Å². The van der Waals surface area contributed by atoms with E-state index in [1.165, 1.54) is 30.2 Å². The van der Waals surface area contributed by atoms with Crippen LogP contribution in [0.4, 0.5) is 5.69 Å². The molecule has 4 aromatic rings. The van der Waals surface area contributed by atoms with Crippen LogP contribution in [0.25, 0.3) is 0 Å². The first-order valence-corrected chi connectivity index (χ1v) is 17.6. The van der Waals surface area contributed by atoms with Gasteiger partial charge >= 0.3 is 0 Å². The van der Waals surface area contributed by atoms with E-state index in [1.807, 2.05) is 61.5 Å². The second kappa shape index (κ2) is 15.5. The molecule has 47 heavy (non-hydrogen) atoms. The normalized spacial score (nSPS) is 13.9. The summed E-state index contributed by atoms with van der Waals surface area (Å²) < 4.78 is 35.1. The molecule has 1 N–H and O–H groups in total. The third-order valence-corrected chi connectivity index (χ3v) is 10.6. The van der Waals surface area contributed by atoms with E-state index in [0.717, 1.165) is 46.7 Å². The molecule has 0 bridgehead atoms. The van der Waals surface area contributed by atoms with E-state index in [-0.39, 0.29) is 46.3 Å². The van der Waals surface area contributed by atoms with Crippen LogP contribution in [0.2, 0.25) is 5.02 Å². The average molecular weight is 674 g/mol. The van der Waals surface area contributed by atoms with E-state index in [2.05, 4.69) is 5.32 Å². The molecular weight excluding hydrogens is 634 g/mol. The number of ether oxygens (including phenoxy) is 1. The molecule has 1 fully saturated rings. The summed E-state index contributed by atoms with van der Waals surface area (Å²) in [6.45, 7) is 1.46. The Labute approximate surface area is 282 Å². The number of anilines is 1. The van der Waals surface area contributed by atoms with E-state index in [0.29, 0.717) is 0 Å². The molecule has 8 nitrogen and oxygen atoms in total. The Balaban J connectivity index is 1.61. The Kier molecular flexibility index (Phi) is 11.2. The number of rotatable bonds is 13. The van der Waals surface area contributed by atoms with Crippen molar-refractivity contribution in [2.24, 2.45) is 0 Å². The molecule has 0 aliphatic heterocycles. The third-order valence-electron chi connectivity index (χ3n) is 8.59. The first kappa shape index (κ1) is 34.0. The lowest BCUT2D eigenvalue weighted by Gasteiger charge is -2.35. The number of aryl methyl sites for hydroxylation is 1. The van der Waals surface area contributed by atoms with Crippen LogP contribution in [0, 0.1) is 6.92 Å². The van der Waals surface area contributed by atoms with E-state index < -0.39 is 28.5 Å².